The van der Waals surface area contributed by atoms with Crippen molar-refractivity contribution in [1.29, 1.82) is 0 Å². The molecule has 0 fully saturated rings. The second-order valence-electron chi connectivity index (χ2n) is 4.83. The largest absolute Gasteiger partial charge is 0.508 e. The third-order valence-corrected chi connectivity index (χ3v) is 4.42. The number of nitrogens with zero attached hydrogens (tertiary/aromatic N) is 1. The molecule has 2 aromatic carbocycles. The van der Waals surface area contributed by atoms with Crippen molar-refractivity contribution in [3.05, 3.63) is 54.7 Å². The van der Waals surface area contributed by atoms with Crippen molar-refractivity contribution in [3.63, 3.8) is 0 Å². The number of sulfone groups is 1. The second-order valence-corrected chi connectivity index (χ2v) is 6.82. The molecule has 3 aromatic rings. The van der Waals surface area contributed by atoms with Gasteiger partial charge in [0.1, 0.15) is 5.75 Å². The maximum atomic E-state index is 11.9. The van der Waals surface area contributed by atoms with Crippen LogP contribution in [0.5, 0.6) is 5.75 Å². The summed E-state index contributed by atoms with van der Waals surface area (Å²) in [5, 5.41) is 10.4. The van der Waals surface area contributed by atoms with Gasteiger partial charge in [-0.1, -0.05) is 38.1 Å². The van der Waals surface area contributed by atoms with Crippen molar-refractivity contribution in [3.8, 4) is 16.9 Å². The lowest BCUT2D eigenvalue weighted by molar-refractivity contribution is 0.475. The molecule has 3 rings (SSSR count). The number of para-hydroxylation sites is 1. The molecule has 0 unspecified atom stereocenters. The Morgan fingerprint density at radius 2 is 1.70 bits per heavy atom. The first-order chi connectivity index (χ1) is 11.0. The molecule has 120 valence electrons. The lowest BCUT2D eigenvalue weighted by Gasteiger charge is -2.09. The number of fused-ring (bicyclic) bond motifs is 1. The summed E-state index contributed by atoms with van der Waals surface area (Å²) >= 11 is 0. The Morgan fingerprint density at radius 1 is 1.00 bits per heavy atom. The third-order valence-electron chi connectivity index (χ3n) is 3.29. The molecule has 0 amide bonds. The average Bonchev–Trinajstić information content (AvgIpc) is 2.54. The van der Waals surface area contributed by atoms with Gasteiger partial charge in [-0.2, -0.15) is 0 Å². The molecule has 0 spiro atoms. The van der Waals surface area contributed by atoms with Crippen molar-refractivity contribution in [2.75, 3.05) is 6.26 Å². The van der Waals surface area contributed by atoms with Crippen molar-refractivity contribution < 1.29 is 13.5 Å². The molecule has 0 saturated heterocycles. The zero-order valence-corrected chi connectivity index (χ0v) is 14.1. The van der Waals surface area contributed by atoms with Crippen LogP contribution >= 0.6 is 0 Å². The molecule has 4 nitrogen and oxygen atoms in total. The van der Waals surface area contributed by atoms with E-state index in [1.165, 1.54) is 6.26 Å². The summed E-state index contributed by atoms with van der Waals surface area (Å²) in [4.78, 5) is 4.42. The van der Waals surface area contributed by atoms with Gasteiger partial charge < -0.3 is 5.11 Å². The summed E-state index contributed by atoms with van der Waals surface area (Å²) in [5.41, 5.74) is 2.09. The van der Waals surface area contributed by atoms with Crippen molar-refractivity contribution in [2.24, 2.45) is 0 Å². The molecule has 1 N–H and O–H groups in total. The van der Waals surface area contributed by atoms with Gasteiger partial charge in [-0.25, -0.2) is 8.42 Å². The maximum Gasteiger partial charge on any atom is 0.177 e. The summed E-state index contributed by atoms with van der Waals surface area (Å²) in [5.74, 6) is 0.164. The molecule has 0 aliphatic rings. The fourth-order valence-electron chi connectivity index (χ4n) is 2.37. The minimum Gasteiger partial charge on any atom is -0.508 e. The van der Waals surface area contributed by atoms with Gasteiger partial charge in [-0.3, -0.25) is 4.98 Å². The smallest absolute Gasteiger partial charge is 0.177 e. The van der Waals surface area contributed by atoms with Gasteiger partial charge in [-0.15, -0.1) is 0 Å². The molecule has 0 aliphatic heterocycles. The fraction of sp³-hybridized carbons (Fsp3) is 0.167. The number of phenols is 1. The van der Waals surface area contributed by atoms with Crippen LogP contribution in [0, 0.1) is 0 Å². The lowest BCUT2D eigenvalue weighted by Crippen LogP contribution is -1.99. The van der Waals surface area contributed by atoms with Crippen molar-refractivity contribution in [1.82, 2.24) is 4.98 Å². The molecule has 1 heterocycles. The normalized spacial score (nSPS) is 10.9. The van der Waals surface area contributed by atoms with Gasteiger partial charge in [-0.05, 0) is 35.4 Å². The zero-order valence-electron chi connectivity index (χ0n) is 13.3. The average molecular weight is 329 g/mol. The SMILES string of the molecule is CC.CS(=O)(=O)c1cccc2c(-c3cccc(O)c3)ccnc12. The first-order valence-corrected chi connectivity index (χ1v) is 9.23. The molecular weight excluding hydrogens is 310 g/mol. The fourth-order valence-corrected chi connectivity index (χ4v) is 3.21. The van der Waals surface area contributed by atoms with Crippen LogP contribution in [0.1, 0.15) is 13.8 Å². The molecular formula is C18H19NO3S. The minimum absolute atomic E-state index is 0.164. The van der Waals surface area contributed by atoms with Crippen LogP contribution < -0.4 is 0 Å². The summed E-state index contributed by atoms with van der Waals surface area (Å²) in [7, 11) is -3.35. The number of hydrogen-bond acceptors (Lipinski definition) is 4. The third kappa shape index (κ3) is 3.51. The van der Waals surface area contributed by atoms with E-state index in [9.17, 15) is 13.5 Å². The molecule has 0 bridgehead atoms. The quantitative estimate of drug-likeness (QED) is 0.770. The highest BCUT2D eigenvalue weighted by Crippen LogP contribution is 2.31. The molecule has 0 radical (unpaired) electrons. The van der Waals surface area contributed by atoms with Crippen LogP contribution in [-0.4, -0.2) is 24.8 Å². The summed E-state index contributed by atoms with van der Waals surface area (Å²) in [6, 6.07) is 13.7. The van der Waals surface area contributed by atoms with Gasteiger partial charge in [0.25, 0.3) is 0 Å². The van der Waals surface area contributed by atoms with Crippen molar-refractivity contribution >= 4 is 20.7 Å². The minimum atomic E-state index is -3.35. The highest BCUT2D eigenvalue weighted by Gasteiger charge is 2.14. The van der Waals surface area contributed by atoms with Gasteiger partial charge >= 0.3 is 0 Å². The number of aromatic nitrogens is 1. The van der Waals surface area contributed by atoms with Crippen LogP contribution in [0.3, 0.4) is 0 Å². The van der Waals surface area contributed by atoms with E-state index in [0.717, 1.165) is 16.5 Å². The maximum absolute atomic E-state index is 11.9. The summed E-state index contributed by atoms with van der Waals surface area (Å²) in [6.07, 6.45) is 2.75. The van der Waals surface area contributed by atoms with E-state index in [1.54, 1.807) is 36.5 Å². The van der Waals surface area contributed by atoms with Crippen LogP contribution in [-0.2, 0) is 9.84 Å². The number of phenolic OH excluding ortho intramolecular Hbond substituents is 1. The monoisotopic (exact) mass is 329 g/mol. The predicted molar refractivity (Wildman–Crippen MR) is 93.3 cm³/mol. The Balaban J connectivity index is 0.000000924. The van der Waals surface area contributed by atoms with Gasteiger partial charge in [0.05, 0.1) is 10.4 Å². The van der Waals surface area contributed by atoms with E-state index >= 15 is 0 Å². The first-order valence-electron chi connectivity index (χ1n) is 7.34. The van der Waals surface area contributed by atoms with Gasteiger partial charge in [0.2, 0.25) is 0 Å². The molecule has 0 atom stereocenters. The van der Waals surface area contributed by atoms with Crippen LogP contribution in [0.25, 0.3) is 22.0 Å². The topological polar surface area (TPSA) is 67.3 Å². The molecule has 5 heteroatoms. The molecule has 0 saturated carbocycles. The second kappa shape index (κ2) is 6.79. The number of hydrogen-bond donors (Lipinski definition) is 1. The highest BCUT2D eigenvalue weighted by molar-refractivity contribution is 7.91. The van der Waals surface area contributed by atoms with E-state index in [4.69, 9.17) is 0 Å². The van der Waals surface area contributed by atoms with Crippen LogP contribution in [0.2, 0.25) is 0 Å². The number of benzene rings is 2. The van der Waals surface area contributed by atoms with Crippen molar-refractivity contribution in [2.45, 2.75) is 18.7 Å². The Bertz CT molecular complexity index is 934. The van der Waals surface area contributed by atoms with E-state index in [0.29, 0.717) is 5.52 Å². The van der Waals surface area contributed by atoms with Gasteiger partial charge in [0.15, 0.2) is 9.84 Å². The highest BCUT2D eigenvalue weighted by atomic mass is 32.2. The molecule has 0 aliphatic carbocycles. The van der Waals surface area contributed by atoms with E-state index in [2.05, 4.69) is 4.98 Å². The Labute approximate surface area is 136 Å². The standard InChI is InChI=1S/C16H13NO3S.C2H6/c1-21(19,20)15-7-3-6-14-13(8-9-17-16(14)15)11-4-2-5-12(18)10-11;1-2/h2-10,18H,1H3;1-2H3. The first kappa shape index (κ1) is 17.0. The van der Waals surface area contributed by atoms with Crippen LogP contribution in [0.15, 0.2) is 59.6 Å². The van der Waals surface area contributed by atoms with E-state index in [-0.39, 0.29) is 10.6 Å². The Morgan fingerprint density at radius 3 is 2.35 bits per heavy atom. The van der Waals surface area contributed by atoms with E-state index in [1.807, 2.05) is 32.0 Å². The zero-order chi connectivity index (χ0) is 17.0. The predicted octanol–water partition coefficient (Wildman–Crippen LogP) is 4.04. The number of rotatable bonds is 2. The summed E-state index contributed by atoms with van der Waals surface area (Å²) in [6.45, 7) is 4.00. The number of pyridine rings is 1. The molecule has 23 heavy (non-hydrogen) atoms. The van der Waals surface area contributed by atoms with E-state index < -0.39 is 9.84 Å². The summed E-state index contributed by atoms with van der Waals surface area (Å²) < 4.78 is 23.7. The Kier molecular flexibility index (Phi) is 5.01. The lowest BCUT2D eigenvalue weighted by atomic mass is 10.0. The Hall–Kier alpha value is -2.40. The van der Waals surface area contributed by atoms with Gasteiger partial charge in [0, 0.05) is 17.8 Å². The molecule has 1 aromatic heterocycles. The van der Waals surface area contributed by atoms with Crippen LogP contribution in [0.4, 0.5) is 0 Å². The number of aromatic hydroxyl groups is 1.